The number of amides is 1. The lowest BCUT2D eigenvalue weighted by atomic mass is 9.99. The Hall–Kier alpha value is -2.25. The van der Waals surface area contributed by atoms with Crippen LogP contribution in [0.25, 0.3) is 0 Å². The molecular formula is C20H23FN2O3S. The van der Waals surface area contributed by atoms with Gasteiger partial charge in [-0.2, -0.15) is 4.31 Å². The Bertz CT molecular complexity index is 896. The molecule has 0 saturated carbocycles. The third-order valence-corrected chi connectivity index (χ3v) is 6.67. The van der Waals surface area contributed by atoms with E-state index in [1.165, 1.54) is 16.4 Å². The van der Waals surface area contributed by atoms with Crippen LogP contribution in [0.5, 0.6) is 0 Å². The van der Waals surface area contributed by atoms with Crippen LogP contribution in [-0.4, -0.2) is 31.7 Å². The van der Waals surface area contributed by atoms with Crippen molar-refractivity contribution in [2.75, 3.05) is 13.1 Å². The Kier molecular flexibility index (Phi) is 5.92. The molecule has 7 heteroatoms. The molecule has 1 atom stereocenters. The van der Waals surface area contributed by atoms with Crippen molar-refractivity contribution in [3.05, 3.63) is 65.5 Å². The van der Waals surface area contributed by atoms with Crippen molar-refractivity contribution in [3.63, 3.8) is 0 Å². The quantitative estimate of drug-likeness (QED) is 0.854. The third kappa shape index (κ3) is 4.73. The van der Waals surface area contributed by atoms with Crippen molar-refractivity contribution >= 4 is 15.9 Å². The topological polar surface area (TPSA) is 66.5 Å². The summed E-state index contributed by atoms with van der Waals surface area (Å²) in [5.41, 5.74) is 1.79. The molecule has 1 N–H and O–H groups in total. The van der Waals surface area contributed by atoms with Crippen LogP contribution in [-0.2, 0) is 21.4 Å². The van der Waals surface area contributed by atoms with Crippen molar-refractivity contribution < 1.29 is 17.6 Å². The maximum atomic E-state index is 12.9. The molecule has 1 saturated heterocycles. The van der Waals surface area contributed by atoms with Gasteiger partial charge in [0.1, 0.15) is 5.82 Å². The highest BCUT2D eigenvalue weighted by molar-refractivity contribution is 7.89. The van der Waals surface area contributed by atoms with Gasteiger partial charge in [0.2, 0.25) is 15.9 Å². The smallest absolute Gasteiger partial charge is 0.243 e. The van der Waals surface area contributed by atoms with Crippen LogP contribution in [0.3, 0.4) is 0 Å². The number of piperidine rings is 1. The zero-order chi connectivity index (χ0) is 19.4. The Labute approximate surface area is 159 Å². The number of carbonyl (C=O) groups is 1. The fourth-order valence-corrected chi connectivity index (χ4v) is 4.69. The van der Waals surface area contributed by atoms with Gasteiger partial charge < -0.3 is 5.32 Å². The molecule has 2 aromatic carbocycles. The molecule has 1 amide bonds. The van der Waals surface area contributed by atoms with E-state index in [-0.39, 0.29) is 29.1 Å². The molecule has 0 unspecified atom stereocenters. The molecule has 0 radical (unpaired) electrons. The second-order valence-electron chi connectivity index (χ2n) is 6.86. The van der Waals surface area contributed by atoms with Gasteiger partial charge >= 0.3 is 0 Å². The lowest BCUT2D eigenvalue weighted by Crippen LogP contribution is -2.45. The normalized spacial score (nSPS) is 18.2. The molecule has 1 fully saturated rings. The number of nitrogens with one attached hydrogen (secondary N) is 1. The SMILES string of the molecule is Cc1ccc(S(=O)(=O)N2CCC[C@@H](C(=O)NCc3ccc(F)cc3)C2)cc1. The number of aryl methyl sites for hydroxylation is 1. The highest BCUT2D eigenvalue weighted by atomic mass is 32.2. The number of rotatable bonds is 5. The average Bonchev–Trinajstić information content (AvgIpc) is 2.68. The van der Waals surface area contributed by atoms with Crippen LogP contribution in [0, 0.1) is 18.7 Å². The summed E-state index contributed by atoms with van der Waals surface area (Å²) in [6.07, 6.45) is 1.29. The van der Waals surface area contributed by atoms with E-state index in [0.717, 1.165) is 11.1 Å². The van der Waals surface area contributed by atoms with Gasteiger partial charge in [-0.15, -0.1) is 0 Å². The molecule has 27 heavy (non-hydrogen) atoms. The van der Waals surface area contributed by atoms with E-state index >= 15 is 0 Å². The Balaban J connectivity index is 1.63. The van der Waals surface area contributed by atoms with E-state index in [4.69, 9.17) is 0 Å². The van der Waals surface area contributed by atoms with Crippen LogP contribution in [0.2, 0.25) is 0 Å². The first-order chi connectivity index (χ1) is 12.9. The Morgan fingerprint density at radius 2 is 1.81 bits per heavy atom. The summed E-state index contributed by atoms with van der Waals surface area (Å²) in [6.45, 7) is 2.78. The molecular weight excluding hydrogens is 367 g/mol. The summed E-state index contributed by atoms with van der Waals surface area (Å²) in [7, 11) is -3.61. The standard InChI is InChI=1S/C20H23FN2O3S/c1-15-4-10-19(11-5-15)27(25,26)23-12-2-3-17(14-23)20(24)22-13-16-6-8-18(21)9-7-16/h4-11,17H,2-3,12-14H2,1H3,(H,22,24)/t17-/m1/s1. The minimum atomic E-state index is -3.61. The van der Waals surface area contributed by atoms with Gasteiger partial charge in [0, 0.05) is 19.6 Å². The number of nitrogens with zero attached hydrogens (tertiary/aromatic N) is 1. The molecule has 1 aliphatic heterocycles. The van der Waals surface area contributed by atoms with E-state index in [0.29, 0.717) is 25.9 Å². The van der Waals surface area contributed by atoms with Gasteiger partial charge in [-0.1, -0.05) is 29.8 Å². The van der Waals surface area contributed by atoms with Gasteiger partial charge in [-0.25, -0.2) is 12.8 Å². The van der Waals surface area contributed by atoms with Crippen LogP contribution < -0.4 is 5.32 Å². The van der Waals surface area contributed by atoms with Crippen LogP contribution in [0.1, 0.15) is 24.0 Å². The fourth-order valence-electron chi connectivity index (χ4n) is 3.17. The van der Waals surface area contributed by atoms with Gasteiger partial charge in [-0.3, -0.25) is 4.79 Å². The highest BCUT2D eigenvalue weighted by Gasteiger charge is 2.33. The third-order valence-electron chi connectivity index (χ3n) is 4.79. The lowest BCUT2D eigenvalue weighted by molar-refractivity contribution is -0.126. The number of hydrogen-bond donors (Lipinski definition) is 1. The average molecular weight is 390 g/mol. The van der Waals surface area contributed by atoms with Gasteiger partial charge in [0.05, 0.1) is 10.8 Å². The maximum Gasteiger partial charge on any atom is 0.243 e. The number of halogens is 1. The zero-order valence-corrected chi connectivity index (χ0v) is 16.0. The van der Waals surface area contributed by atoms with E-state index in [1.807, 2.05) is 6.92 Å². The maximum absolute atomic E-state index is 12.9. The predicted octanol–water partition coefficient (Wildman–Crippen LogP) is 2.85. The first-order valence-electron chi connectivity index (χ1n) is 8.95. The zero-order valence-electron chi connectivity index (χ0n) is 15.2. The van der Waals surface area contributed by atoms with Crippen molar-refractivity contribution in [1.29, 1.82) is 0 Å². The molecule has 1 heterocycles. The minimum absolute atomic E-state index is 0.172. The lowest BCUT2D eigenvalue weighted by Gasteiger charge is -2.31. The first kappa shape index (κ1) is 19.5. The van der Waals surface area contributed by atoms with Crippen molar-refractivity contribution in [2.24, 2.45) is 5.92 Å². The molecule has 5 nitrogen and oxygen atoms in total. The molecule has 1 aliphatic rings. The van der Waals surface area contributed by atoms with Crippen molar-refractivity contribution in [2.45, 2.75) is 31.2 Å². The summed E-state index contributed by atoms with van der Waals surface area (Å²) in [5, 5.41) is 2.82. The first-order valence-corrected chi connectivity index (χ1v) is 10.4. The van der Waals surface area contributed by atoms with Crippen LogP contribution in [0.4, 0.5) is 4.39 Å². The molecule has 0 aromatic heterocycles. The fraction of sp³-hybridized carbons (Fsp3) is 0.350. The van der Waals surface area contributed by atoms with Crippen LogP contribution in [0.15, 0.2) is 53.4 Å². The summed E-state index contributed by atoms with van der Waals surface area (Å²) < 4.78 is 40.0. The molecule has 0 aliphatic carbocycles. The number of benzene rings is 2. The Morgan fingerprint density at radius 1 is 1.15 bits per heavy atom. The summed E-state index contributed by atoms with van der Waals surface area (Å²) in [4.78, 5) is 12.7. The number of sulfonamides is 1. The molecule has 144 valence electrons. The van der Waals surface area contributed by atoms with E-state index in [2.05, 4.69) is 5.32 Å². The largest absolute Gasteiger partial charge is 0.352 e. The minimum Gasteiger partial charge on any atom is -0.352 e. The highest BCUT2D eigenvalue weighted by Crippen LogP contribution is 2.24. The second-order valence-corrected chi connectivity index (χ2v) is 8.80. The van der Waals surface area contributed by atoms with Gasteiger partial charge in [-0.05, 0) is 49.6 Å². The van der Waals surface area contributed by atoms with Gasteiger partial charge in [0.25, 0.3) is 0 Å². The molecule has 0 bridgehead atoms. The molecule has 3 rings (SSSR count). The van der Waals surface area contributed by atoms with E-state index in [1.54, 1.807) is 36.4 Å². The molecule has 2 aromatic rings. The second kappa shape index (κ2) is 8.19. The summed E-state index contributed by atoms with van der Waals surface area (Å²) >= 11 is 0. The molecule has 0 spiro atoms. The number of carbonyl (C=O) groups excluding carboxylic acids is 1. The van der Waals surface area contributed by atoms with E-state index < -0.39 is 10.0 Å². The van der Waals surface area contributed by atoms with E-state index in [9.17, 15) is 17.6 Å². The summed E-state index contributed by atoms with van der Waals surface area (Å²) in [6, 6.07) is 12.7. The predicted molar refractivity (Wildman–Crippen MR) is 101 cm³/mol. The van der Waals surface area contributed by atoms with Gasteiger partial charge in [0.15, 0.2) is 0 Å². The van der Waals surface area contributed by atoms with Crippen molar-refractivity contribution in [1.82, 2.24) is 9.62 Å². The monoisotopic (exact) mass is 390 g/mol. The number of hydrogen-bond acceptors (Lipinski definition) is 3. The Morgan fingerprint density at radius 3 is 2.48 bits per heavy atom. The summed E-state index contributed by atoms with van der Waals surface area (Å²) in [5.74, 6) is -0.892. The van der Waals surface area contributed by atoms with Crippen LogP contribution >= 0.6 is 0 Å². The van der Waals surface area contributed by atoms with Crippen molar-refractivity contribution in [3.8, 4) is 0 Å².